The Bertz CT molecular complexity index is 1340. The SMILES string of the molecule is CN(C)c1sc2cc(OCc3ccccc3)ccc2c1C(=O)c1ccc(CN2CCCC2)c(N)c1. The smallest absolute Gasteiger partial charge is 0.196 e. The number of anilines is 2. The first-order chi connectivity index (χ1) is 17.0. The molecule has 1 aromatic heterocycles. The second kappa shape index (κ2) is 10.1. The first-order valence-corrected chi connectivity index (χ1v) is 12.9. The number of fused-ring (bicyclic) bond motifs is 1. The zero-order valence-corrected chi connectivity index (χ0v) is 21.1. The number of ether oxygens (including phenoxy) is 1. The number of nitrogens with two attached hydrogens (primary N) is 1. The fraction of sp³-hybridized carbons (Fsp3) is 0.276. The van der Waals surface area contributed by atoms with Gasteiger partial charge in [0.25, 0.3) is 0 Å². The summed E-state index contributed by atoms with van der Waals surface area (Å²) in [5, 5.41) is 1.88. The Labute approximate surface area is 210 Å². The third-order valence-corrected chi connectivity index (χ3v) is 7.85. The van der Waals surface area contributed by atoms with Crippen LogP contribution in [-0.4, -0.2) is 37.9 Å². The number of carbonyl (C=O) groups is 1. The molecule has 5 rings (SSSR count). The molecule has 3 aromatic carbocycles. The highest BCUT2D eigenvalue weighted by Gasteiger charge is 2.23. The number of rotatable bonds is 8. The van der Waals surface area contributed by atoms with Crippen molar-refractivity contribution >= 4 is 37.9 Å². The van der Waals surface area contributed by atoms with E-state index in [1.807, 2.05) is 85.7 Å². The Morgan fingerprint density at radius 3 is 2.51 bits per heavy atom. The second-order valence-corrected chi connectivity index (χ2v) is 10.4. The van der Waals surface area contributed by atoms with E-state index in [1.165, 1.54) is 12.8 Å². The number of likely N-dealkylation sites (tertiary alicyclic amines) is 1. The fourth-order valence-electron chi connectivity index (χ4n) is 4.64. The third kappa shape index (κ3) is 5.04. The maximum absolute atomic E-state index is 13.7. The average molecular weight is 486 g/mol. The molecular weight excluding hydrogens is 454 g/mol. The number of benzene rings is 3. The molecule has 1 aliphatic heterocycles. The molecule has 5 nitrogen and oxygen atoms in total. The molecule has 1 fully saturated rings. The van der Waals surface area contributed by atoms with E-state index in [9.17, 15) is 4.79 Å². The molecule has 0 spiro atoms. The van der Waals surface area contributed by atoms with Crippen LogP contribution in [-0.2, 0) is 13.2 Å². The number of nitrogen functional groups attached to an aromatic ring is 1. The minimum Gasteiger partial charge on any atom is -0.489 e. The lowest BCUT2D eigenvalue weighted by atomic mass is 9.99. The molecule has 0 saturated carbocycles. The van der Waals surface area contributed by atoms with Crippen molar-refractivity contribution in [3.8, 4) is 5.75 Å². The van der Waals surface area contributed by atoms with Crippen LogP contribution >= 0.6 is 11.3 Å². The Morgan fingerprint density at radius 2 is 1.80 bits per heavy atom. The van der Waals surface area contributed by atoms with E-state index in [2.05, 4.69) is 4.90 Å². The van der Waals surface area contributed by atoms with E-state index in [0.29, 0.717) is 17.9 Å². The molecule has 0 bridgehead atoms. The molecule has 1 saturated heterocycles. The summed E-state index contributed by atoms with van der Waals surface area (Å²) in [4.78, 5) is 18.2. The highest BCUT2D eigenvalue weighted by atomic mass is 32.1. The van der Waals surface area contributed by atoms with Crippen LogP contribution in [0.4, 0.5) is 10.7 Å². The van der Waals surface area contributed by atoms with Crippen LogP contribution in [0, 0.1) is 0 Å². The Balaban J connectivity index is 1.42. The van der Waals surface area contributed by atoms with Crippen molar-refractivity contribution in [2.75, 3.05) is 37.8 Å². The molecule has 2 N–H and O–H groups in total. The zero-order valence-electron chi connectivity index (χ0n) is 20.3. The van der Waals surface area contributed by atoms with Gasteiger partial charge >= 0.3 is 0 Å². The van der Waals surface area contributed by atoms with Crippen LogP contribution in [0.25, 0.3) is 10.1 Å². The summed E-state index contributed by atoms with van der Waals surface area (Å²) in [6, 6.07) is 21.9. The van der Waals surface area contributed by atoms with Gasteiger partial charge in [-0.3, -0.25) is 9.69 Å². The summed E-state index contributed by atoms with van der Waals surface area (Å²) in [5.41, 5.74) is 10.6. The minimum absolute atomic E-state index is 0.00248. The van der Waals surface area contributed by atoms with Gasteiger partial charge in [0.05, 0.1) is 5.56 Å². The van der Waals surface area contributed by atoms with E-state index in [0.717, 1.165) is 57.2 Å². The van der Waals surface area contributed by atoms with Crippen molar-refractivity contribution in [3.63, 3.8) is 0 Å². The number of hydrogen-bond donors (Lipinski definition) is 1. The largest absolute Gasteiger partial charge is 0.489 e. The summed E-state index contributed by atoms with van der Waals surface area (Å²) in [5.74, 6) is 0.791. The number of hydrogen-bond acceptors (Lipinski definition) is 6. The summed E-state index contributed by atoms with van der Waals surface area (Å²) >= 11 is 1.61. The number of thiophene rings is 1. The quantitative estimate of drug-likeness (QED) is 0.247. The topological polar surface area (TPSA) is 58.8 Å². The predicted octanol–water partition coefficient (Wildman–Crippen LogP) is 5.96. The highest BCUT2D eigenvalue weighted by Crippen LogP contribution is 2.40. The first-order valence-electron chi connectivity index (χ1n) is 12.1. The molecule has 0 atom stereocenters. The number of nitrogens with zero attached hydrogens (tertiary/aromatic N) is 2. The van der Waals surface area contributed by atoms with Crippen LogP contribution in [0.5, 0.6) is 5.75 Å². The molecule has 0 unspecified atom stereocenters. The van der Waals surface area contributed by atoms with Gasteiger partial charge in [0.1, 0.15) is 17.4 Å². The molecular formula is C29H31N3O2S. The lowest BCUT2D eigenvalue weighted by Gasteiger charge is -2.17. The van der Waals surface area contributed by atoms with Crippen molar-refractivity contribution in [2.45, 2.75) is 26.0 Å². The molecule has 0 aliphatic carbocycles. The fourth-order valence-corrected chi connectivity index (χ4v) is 5.79. The predicted molar refractivity (Wildman–Crippen MR) is 146 cm³/mol. The van der Waals surface area contributed by atoms with Gasteiger partial charge in [0, 0.05) is 42.0 Å². The van der Waals surface area contributed by atoms with Crippen molar-refractivity contribution in [3.05, 3.63) is 89.0 Å². The van der Waals surface area contributed by atoms with Gasteiger partial charge in [0.2, 0.25) is 0 Å². The maximum atomic E-state index is 13.7. The first kappa shape index (κ1) is 23.4. The van der Waals surface area contributed by atoms with Crippen molar-refractivity contribution < 1.29 is 9.53 Å². The minimum atomic E-state index is -0.00248. The second-order valence-electron chi connectivity index (χ2n) is 9.33. The normalized spacial score (nSPS) is 13.9. The van der Waals surface area contributed by atoms with E-state index in [4.69, 9.17) is 10.5 Å². The maximum Gasteiger partial charge on any atom is 0.196 e. The van der Waals surface area contributed by atoms with Gasteiger partial charge in [0.15, 0.2) is 5.78 Å². The summed E-state index contributed by atoms with van der Waals surface area (Å²) in [6.45, 7) is 3.58. The highest BCUT2D eigenvalue weighted by molar-refractivity contribution is 7.23. The van der Waals surface area contributed by atoms with E-state index < -0.39 is 0 Å². The molecule has 0 amide bonds. The summed E-state index contributed by atoms with van der Waals surface area (Å²) < 4.78 is 7.05. The molecule has 1 aliphatic rings. The number of ketones is 1. The van der Waals surface area contributed by atoms with Crippen LogP contribution < -0.4 is 15.4 Å². The van der Waals surface area contributed by atoms with Gasteiger partial charge in [-0.1, -0.05) is 42.5 Å². The molecule has 180 valence electrons. The lowest BCUT2D eigenvalue weighted by molar-refractivity contribution is 0.104. The van der Waals surface area contributed by atoms with Crippen molar-refractivity contribution in [1.82, 2.24) is 4.90 Å². The standard InChI is InChI=1S/C29H31N3O2S/c1-31(2)29-27(28(33)21-10-11-22(25(30)16-21)18-32-14-6-7-15-32)24-13-12-23(17-26(24)35-29)34-19-20-8-4-3-5-9-20/h3-5,8-13,16-17H,6-7,14-15,18-19,30H2,1-2H3. The molecule has 6 heteroatoms. The molecule has 0 radical (unpaired) electrons. The lowest BCUT2D eigenvalue weighted by Crippen LogP contribution is -2.19. The molecule has 35 heavy (non-hydrogen) atoms. The van der Waals surface area contributed by atoms with Gasteiger partial charge in [-0.15, -0.1) is 11.3 Å². The Kier molecular flexibility index (Phi) is 6.75. The molecule has 4 aromatic rings. The van der Waals surface area contributed by atoms with Crippen molar-refractivity contribution in [1.29, 1.82) is 0 Å². The van der Waals surface area contributed by atoms with Crippen molar-refractivity contribution in [2.24, 2.45) is 0 Å². The van der Waals surface area contributed by atoms with Crippen LogP contribution in [0.1, 0.15) is 39.9 Å². The van der Waals surface area contributed by atoms with Crippen LogP contribution in [0.3, 0.4) is 0 Å². The average Bonchev–Trinajstić information content (AvgIpc) is 3.52. The Morgan fingerprint density at radius 1 is 1.03 bits per heavy atom. The van der Waals surface area contributed by atoms with Crippen LogP contribution in [0.15, 0.2) is 66.7 Å². The molecule has 2 heterocycles. The zero-order chi connectivity index (χ0) is 24.4. The van der Waals surface area contributed by atoms with E-state index in [1.54, 1.807) is 11.3 Å². The van der Waals surface area contributed by atoms with Gasteiger partial charge in [-0.05, 0) is 61.3 Å². The summed E-state index contributed by atoms with van der Waals surface area (Å²) in [7, 11) is 3.95. The number of carbonyl (C=O) groups excluding carboxylic acids is 1. The Hall–Kier alpha value is -3.35. The third-order valence-electron chi connectivity index (χ3n) is 6.53. The van der Waals surface area contributed by atoms with Gasteiger partial charge < -0.3 is 15.4 Å². The van der Waals surface area contributed by atoms with Gasteiger partial charge in [-0.25, -0.2) is 0 Å². The monoisotopic (exact) mass is 485 g/mol. The van der Waals surface area contributed by atoms with Crippen LogP contribution in [0.2, 0.25) is 0 Å². The summed E-state index contributed by atoms with van der Waals surface area (Å²) in [6.07, 6.45) is 2.49. The van der Waals surface area contributed by atoms with E-state index in [-0.39, 0.29) is 5.78 Å². The van der Waals surface area contributed by atoms with E-state index >= 15 is 0 Å². The van der Waals surface area contributed by atoms with Gasteiger partial charge in [-0.2, -0.15) is 0 Å².